The van der Waals surface area contributed by atoms with Crippen molar-refractivity contribution in [2.75, 3.05) is 52.7 Å². The Morgan fingerprint density at radius 1 is 1.15 bits per heavy atom. The molecule has 120 valence electrons. The van der Waals surface area contributed by atoms with Gasteiger partial charge in [0.2, 0.25) is 0 Å². The lowest BCUT2D eigenvalue weighted by Gasteiger charge is -2.34. The number of nitrogens with zero attached hydrogens (tertiary/aromatic N) is 3. The molecule has 0 spiro atoms. The van der Waals surface area contributed by atoms with Crippen molar-refractivity contribution in [1.29, 1.82) is 0 Å². The lowest BCUT2D eigenvalue weighted by molar-refractivity contribution is 0.257. The first kappa shape index (κ1) is 18.2. The number of hydrogen-bond acceptors (Lipinski definition) is 3. The van der Waals surface area contributed by atoms with Crippen LogP contribution in [-0.2, 0) is 10.2 Å². The van der Waals surface area contributed by atoms with Crippen LogP contribution in [0.5, 0.6) is 0 Å². The van der Waals surface area contributed by atoms with Crippen LogP contribution < -0.4 is 0 Å². The standard InChI is InChI=1S/C13H28ClN3O2S/c1-4-7-16(11-10-15(2)3)20(18,19)17-8-5-13(12-14)6-9-17/h13H,4-12H2,1-3H3. The van der Waals surface area contributed by atoms with Crippen molar-refractivity contribution in [3.63, 3.8) is 0 Å². The molecule has 0 saturated carbocycles. The van der Waals surface area contributed by atoms with Crippen LogP contribution in [-0.4, -0.2) is 74.6 Å². The number of alkyl halides is 1. The highest BCUT2D eigenvalue weighted by atomic mass is 35.5. The Hall–Kier alpha value is 0.120. The minimum absolute atomic E-state index is 0.463. The second-order valence-electron chi connectivity index (χ2n) is 5.71. The highest BCUT2D eigenvalue weighted by Gasteiger charge is 2.32. The van der Waals surface area contributed by atoms with E-state index in [-0.39, 0.29) is 0 Å². The number of halogens is 1. The monoisotopic (exact) mass is 325 g/mol. The van der Waals surface area contributed by atoms with Crippen molar-refractivity contribution in [2.45, 2.75) is 26.2 Å². The maximum Gasteiger partial charge on any atom is 0.282 e. The molecule has 1 rings (SSSR count). The van der Waals surface area contributed by atoms with Gasteiger partial charge in [-0.05, 0) is 39.3 Å². The van der Waals surface area contributed by atoms with Gasteiger partial charge in [0.1, 0.15) is 0 Å². The molecule has 0 aromatic carbocycles. The van der Waals surface area contributed by atoms with E-state index in [1.165, 1.54) is 0 Å². The van der Waals surface area contributed by atoms with Crippen molar-refractivity contribution >= 4 is 21.8 Å². The van der Waals surface area contributed by atoms with Gasteiger partial charge in [0.25, 0.3) is 10.2 Å². The third-order valence-corrected chi connectivity index (χ3v) is 6.19. The Labute approximate surface area is 129 Å². The van der Waals surface area contributed by atoms with Gasteiger partial charge in [-0.3, -0.25) is 0 Å². The molecule has 0 N–H and O–H groups in total. The molecule has 5 nitrogen and oxygen atoms in total. The van der Waals surface area contributed by atoms with Gasteiger partial charge in [0.15, 0.2) is 0 Å². The summed E-state index contributed by atoms with van der Waals surface area (Å²) in [5.74, 6) is 1.09. The van der Waals surface area contributed by atoms with E-state index in [0.29, 0.717) is 38.0 Å². The molecule has 0 aliphatic carbocycles. The molecule has 1 aliphatic heterocycles. The molecule has 20 heavy (non-hydrogen) atoms. The van der Waals surface area contributed by atoms with E-state index < -0.39 is 10.2 Å². The highest BCUT2D eigenvalue weighted by molar-refractivity contribution is 7.86. The fraction of sp³-hybridized carbons (Fsp3) is 1.00. The van der Waals surface area contributed by atoms with E-state index in [1.807, 2.05) is 25.9 Å². The summed E-state index contributed by atoms with van der Waals surface area (Å²) in [6.45, 7) is 5.10. The summed E-state index contributed by atoms with van der Waals surface area (Å²) in [5, 5.41) is 0. The SMILES string of the molecule is CCCN(CCN(C)C)S(=O)(=O)N1CCC(CCl)CC1. The second kappa shape index (κ2) is 8.54. The van der Waals surface area contributed by atoms with Crippen LogP contribution in [0.4, 0.5) is 0 Å². The summed E-state index contributed by atoms with van der Waals surface area (Å²) >= 11 is 5.86. The van der Waals surface area contributed by atoms with Crippen LogP contribution in [0.25, 0.3) is 0 Å². The van der Waals surface area contributed by atoms with E-state index in [2.05, 4.69) is 0 Å². The van der Waals surface area contributed by atoms with Gasteiger partial charge in [-0.15, -0.1) is 11.6 Å². The first-order chi connectivity index (χ1) is 9.41. The van der Waals surface area contributed by atoms with Crippen LogP contribution >= 0.6 is 11.6 Å². The first-order valence-corrected chi connectivity index (χ1v) is 9.30. The van der Waals surface area contributed by atoms with Crippen LogP contribution in [0.2, 0.25) is 0 Å². The maximum absolute atomic E-state index is 12.7. The van der Waals surface area contributed by atoms with E-state index in [1.54, 1.807) is 8.61 Å². The Bertz CT molecular complexity index is 368. The topological polar surface area (TPSA) is 43.9 Å². The van der Waals surface area contributed by atoms with Gasteiger partial charge in [0.05, 0.1) is 0 Å². The zero-order valence-electron chi connectivity index (χ0n) is 12.9. The molecular formula is C13H28ClN3O2S. The molecule has 0 aromatic rings. The fourth-order valence-corrected chi connectivity index (χ4v) is 4.39. The van der Waals surface area contributed by atoms with E-state index in [4.69, 9.17) is 11.6 Å². The van der Waals surface area contributed by atoms with Crippen molar-refractivity contribution in [2.24, 2.45) is 5.92 Å². The molecule has 0 radical (unpaired) electrons. The summed E-state index contributed by atoms with van der Waals surface area (Å²) in [4.78, 5) is 2.01. The maximum atomic E-state index is 12.7. The smallest absolute Gasteiger partial charge is 0.282 e. The predicted molar refractivity (Wildman–Crippen MR) is 84.4 cm³/mol. The molecule has 1 heterocycles. The Morgan fingerprint density at radius 3 is 2.20 bits per heavy atom. The van der Waals surface area contributed by atoms with Crippen LogP contribution in [0.15, 0.2) is 0 Å². The quantitative estimate of drug-likeness (QED) is 0.635. The summed E-state index contributed by atoms with van der Waals surface area (Å²) in [5.41, 5.74) is 0. The van der Waals surface area contributed by atoms with Gasteiger partial charge >= 0.3 is 0 Å². The largest absolute Gasteiger partial charge is 0.308 e. The summed E-state index contributed by atoms with van der Waals surface area (Å²) in [6, 6.07) is 0. The molecule has 1 saturated heterocycles. The third-order valence-electron chi connectivity index (χ3n) is 3.71. The molecule has 0 unspecified atom stereocenters. The Balaban J connectivity index is 2.67. The minimum atomic E-state index is -3.32. The van der Waals surface area contributed by atoms with E-state index >= 15 is 0 Å². The van der Waals surface area contributed by atoms with Crippen molar-refractivity contribution in [3.8, 4) is 0 Å². The molecule has 1 fully saturated rings. The lowest BCUT2D eigenvalue weighted by atomic mass is 10.0. The van der Waals surface area contributed by atoms with Crippen LogP contribution in [0.3, 0.4) is 0 Å². The molecule has 0 aromatic heterocycles. The van der Waals surface area contributed by atoms with E-state index in [0.717, 1.165) is 25.8 Å². The normalized spacial score (nSPS) is 19.1. The summed E-state index contributed by atoms with van der Waals surface area (Å²) < 4.78 is 28.6. The molecule has 0 amide bonds. The molecule has 0 atom stereocenters. The number of rotatable bonds is 8. The van der Waals surface area contributed by atoms with Crippen molar-refractivity contribution < 1.29 is 8.42 Å². The molecule has 1 aliphatic rings. The predicted octanol–water partition coefficient (Wildman–Crippen LogP) is 1.46. The Kier molecular flexibility index (Phi) is 7.75. The number of hydrogen-bond donors (Lipinski definition) is 0. The van der Waals surface area contributed by atoms with Crippen molar-refractivity contribution in [3.05, 3.63) is 0 Å². The summed E-state index contributed by atoms with van der Waals surface area (Å²) in [6.07, 6.45) is 2.58. The minimum Gasteiger partial charge on any atom is -0.308 e. The number of likely N-dealkylation sites (N-methyl/N-ethyl adjacent to an activating group) is 1. The fourth-order valence-electron chi connectivity index (χ4n) is 2.36. The van der Waals surface area contributed by atoms with Gasteiger partial charge in [0, 0.05) is 38.6 Å². The zero-order chi connectivity index (χ0) is 15.2. The molecular weight excluding hydrogens is 298 g/mol. The number of piperidine rings is 1. The summed E-state index contributed by atoms with van der Waals surface area (Å²) in [7, 11) is 0.605. The molecule has 7 heteroatoms. The lowest BCUT2D eigenvalue weighted by Crippen LogP contribution is -2.49. The van der Waals surface area contributed by atoms with Crippen LogP contribution in [0.1, 0.15) is 26.2 Å². The van der Waals surface area contributed by atoms with Crippen molar-refractivity contribution in [1.82, 2.24) is 13.5 Å². The van der Waals surface area contributed by atoms with Crippen LogP contribution in [0, 0.1) is 5.92 Å². The van der Waals surface area contributed by atoms with Gasteiger partial charge in [-0.1, -0.05) is 6.92 Å². The Morgan fingerprint density at radius 2 is 1.75 bits per heavy atom. The van der Waals surface area contributed by atoms with Gasteiger partial charge in [-0.25, -0.2) is 0 Å². The first-order valence-electron chi connectivity index (χ1n) is 7.37. The van der Waals surface area contributed by atoms with Gasteiger partial charge < -0.3 is 4.90 Å². The second-order valence-corrected chi connectivity index (χ2v) is 7.94. The third kappa shape index (κ3) is 5.15. The van der Waals surface area contributed by atoms with Gasteiger partial charge in [-0.2, -0.15) is 17.0 Å². The average molecular weight is 326 g/mol. The highest BCUT2D eigenvalue weighted by Crippen LogP contribution is 2.22. The molecule has 0 bridgehead atoms. The average Bonchev–Trinajstić information content (AvgIpc) is 2.43. The zero-order valence-corrected chi connectivity index (χ0v) is 14.5. The van der Waals surface area contributed by atoms with E-state index in [9.17, 15) is 8.42 Å².